The molecule has 1 fully saturated rings. The maximum Gasteiger partial charge on any atom is 0.256 e. The van der Waals surface area contributed by atoms with Crippen molar-refractivity contribution in [3.8, 4) is 0 Å². The van der Waals surface area contributed by atoms with Crippen LogP contribution in [0.2, 0.25) is 0 Å². The molecule has 6 nitrogen and oxygen atoms in total. The van der Waals surface area contributed by atoms with Crippen molar-refractivity contribution in [1.29, 1.82) is 0 Å². The Bertz CT molecular complexity index is 954. The van der Waals surface area contributed by atoms with E-state index in [1.54, 1.807) is 43.0 Å². The monoisotopic (exact) mass is 420 g/mol. The number of hydrogen-bond donors (Lipinski definition) is 2. The van der Waals surface area contributed by atoms with E-state index in [-0.39, 0.29) is 12.0 Å². The van der Waals surface area contributed by atoms with E-state index in [2.05, 4.69) is 10.0 Å². The highest BCUT2D eigenvalue weighted by molar-refractivity contribution is 7.99. The molecule has 0 aliphatic carbocycles. The predicted octanol–water partition coefficient (Wildman–Crippen LogP) is 3.89. The highest BCUT2D eigenvalue weighted by Gasteiger charge is 2.18. The Balaban J connectivity index is 1.73. The van der Waals surface area contributed by atoms with Crippen molar-refractivity contribution < 1.29 is 17.9 Å². The highest BCUT2D eigenvalue weighted by atomic mass is 32.2. The number of carbonyl (C=O) groups is 1. The minimum absolute atomic E-state index is 0.232. The Morgan fingerprint density at radius 2 is 2.04 bits per heavy atom. The first kappa shape index (κ1) is 20.7. The van der Waals surface area contributed by atoms with Crippen LogP contribution in [0, 0.1) is 6.92 Å². The van der Waals surface area contributed by atoms with Crippen molar-refractivity contribution in [1.82, 2.24) is 0 Å². The number of thioether (sulfide) groups is 1. The van der Waals surface area contributed by atoms with Crippen LogP contribution in [0.15, 0.2) is 47.4 Å². The number of aryl methyl sites for hydroxylation is 1. The van der Waals surface area contributed by atoms with E-state index in [1.165, 1.54) is 0 Å². The molecule has 0 spiro atoms. The summed E-state index contributed by atoms with van der Waals surface area (Å²) in [5, 5.41) is 2.86. The van der Waals surface area contributed by atoms with Gasteiger partial charge in [0.15, 0.2) is 0 Å². The molecule has 1 aliphatic rings. The van der Waals surface area contributed by atoms with Crippen molar-refractivity contribution in [2.75, 3.05) is 28.7 Å². The number of anilines is 2. The lowest BCUT2D eigenvalue weighted by molar-refractivity contribution is 0.102. The van der Waals surface area contributed by atoms with Crippen molar-refractivity contribution in [3.63, 3.8) is 0 Å². The molecule has 0 radical (unpaired) electrons. The van der Waals surface area contributed by atoms with Gasteiger partial charge < -0.3 is 10.1 Å². The zero-order chi connectivity index (χ0) is 20.1. The van der Waals surface area contributed by atoms with Crippen molar-refractivity contribution >= 4 is 39.1 Å². The molecule has 1 amide bonds. The lowest BCUT2D eigenvalue weighted by atomic mass is 10.1. The quantitative estimate of drug-likeness (QED) is 0.664. The molecule has 2 aromatic carbocycles. The second-order valence-electron chi connectivity index (χ2n) is 6.80. The normalized spacial score (nSPS) is 16.7. The Morgan fingerprint density at radius 3 is 2.75 bits per heavy atom. The highest BCUT2D eigenvalue weighted by Crippen LogP contribution is 2.28. The molecule has 0 aromatic heterocycles. The van der Waals surface area contributed by atoms with Gasteiger partial charge in [-0.2, -0.15) is 0 Å². The van der Waals surface area contributed by atoms with Gasteiger partial charge in [0, 0.05) is 22.9 Å². The van der Waals surface area contributed by atoms with Crippen LogP contribution >= 0.6 is 11.8 Å². The molecule has 1 saturated heterocycles. The van der Waals surface area contributed by atoms with E-state index >= 15 is 0 Å². The van der Waals surface area contributed by atoms with E-state index in [0.29, 0.717) is 16.9 Å². The van der Waals surface area contributed by atoms with E-state index in [1.807, 2.05) is 18.2 Å². The predicted molar refractivity (Wildman–Crippen MR) is 114 cm³/mol. The van der Waals surface area contributed by atoms with Gasteiger partial charge in [0.25, 0.3) is 5.91 Å². The average molecular weight is 421 g/mol. The first-order valence-corrected chi connectivity index (χ1v) is 11.9. The Kier molecular flexibility index (Phi) is 6.64. The Morgan fingerprint density at radius 1 is 1.25 bits per heavy atom. The van der Waals surface area contributed by atoms with E-state index in [9.17, 15) is 13.2 Å². The molecular weight excluding hydrogens is 396 g/mol. The summed E-state index contributed by atoms with van der Waals surface area (Å²) in [5.74, 6) is 0.585. The van der Waals surface area contributed by atoms with Crippen LogP contribution in [0.3, 0.4) is 0 Å². The number of amides is 1. The number of ether oxygens (including phenoxy) is 1. The molecule has 3 rings (SSSR count). The van der Waals surface area contributed by atoms with Gasteiger partial charge in [-0.3, -0.25) is 9.52 Å². The Labute approximate surface area is 170 Å². The van der Waals surface area contributed by atoms with Crippen molar-refractivity contribution in [2.24, 2.45) is 0 Å². The zero-order valence-corrected chi connectivity index (χ0v) is 17.5. The summed E-state index contributed by atoms with van der Waals surface area (Å²) in [6.45, 7) is 2.61. The summed E-state index contributed by atoms with van der Waals surface area (Å²) in [7, 11) is -3.40. The molecule has 1 atom stereocenters. The van der Waals surface area contributed by atoms with Crippen LogP contribution in [-0.4, -0.2) is 39.0 Å². The summed E-state index contributed by atoms with van der Waals surface area (Å²) >= 11 is 1.62. The third kappa shape index (κ3) is 5.73. The van der Waals surface area contributed by atoms with Gasteiger partial charge in [0.1, 0.15) is 0 Å². The van der Waals surface area contributed by atoms with Crippen LogP contribution in [0.25, 0.3) is 0 Å². The van der Waals surface area contributed by atoms with Gasteiger partial charge in [-0.1, -0.05) is 18.2 Å². The third-order valence-electron chi connectivity index (χ3n) is 4.37. The minimum Gasteiger partial charge on any atom is -0.377 e. The summed E-state index contributed by atoms with van der Waals surface area (Å²) in [6, 6.07) is 12.6. The fourth-order valence-electron chi connectivity index (χ4n) is 2.95. The fourth-order valence-corrected chi connectivity index (χ4v) is 4.69. The Hall–Kier alpha value is -2.03. The molecule has 28 heavy (non-hydrogen) atoms. The maximum absolute atomic E-state index is 12.8. The summed E-state index contributed by atoms with van der Waals surface area (Å²) in [4.78, 5) is 13.7. The topological polar surface area (TPSA) is 84.5 Å². The number of carbonyl (C=O) groups excluding carboxylic acids is 1. The third-order valence-corrected chi connectivity index (χ3v) is 6.17. The minimum atomic E-state index is -3.40. The van der Waals surface area contributed by atoms with Crippen LogP contribution in [-0.2, 0) is 14.8 Å². The second-order valence-corrected chi connectivity index (χ2v) is 9.61. The molecule has 0 bridgehead atoms. The molecule has 0 saturated carbocycles. The number of hydrogen-bond acceptors (Lipinski definition) is 5. The average Bonchev–Trinajstić information content (AvgIpc) is 3.15. The van der Waals surface area contributed by atoms with Gasteiger partial charge in [0.05, 0.1) is 23.6 Å². The van der Waals surface area contributed by atoms with Crippen LogP contribution in [0.4, 0.5) is 11.4 Å². The molecule has 2 N–H and O–H groups in total. The second kappa shape index (κ2) is 8.98. The van der Waals surface area contributed by atoms with Crippen LogP contribution < -0.4 is 10.0 Å². The first-order chi connectivity index (χ1) is 13.3. The van der Waals surface area contributed by atoms with Crippen molar-refractivity contribution in [3.05, 3.63) is 53.6 Å². The molecule has 2 aromatic rings. The molecule has 1 aliphatic heterocycles. The van der Waals surface area contributed by atoms with E-state index in [4.69, 9.17) is 4.74 Å². The molecule has 150 valence electrons. The standard InChI is InChI=1S/C20H24N2O4S2/c1-14-9-10-15(12-18(14)22-28(2,24)25)21-20(23)17-7-3-4-8-19(17)27-13-16-6-5-11-26-16/h3-4,7-10,12,16,22H,5-6,11,13H2,1-2H3,(H,21,23). The largest absolute Gasteiger partial charge is 0.377 e. The lowest BCUT2D eigenvalue weighted by Crippen LogP contribution is -2.15. The van der Waals surface area contributed by atoms with E-state index in [0.717, 1.165) is 41.9 Å². The first-order valence-electron chi connectivity index (χ1n) is 9.05. The fraction of sp³-hybridized carbons (Fsp3) is 0.350. The van der Waals surface area contributed by atoms with Crippen LogP contribution in [0.1, 0.15) is 28.8 Å². The molecule has 8 heteroatoms. The summed E-state index contributed by atoms with van der Waals surface area (Å²) in [6.07, 6.45) is 3.48. The van der Waals surface area contributed by atoms with Gasteiger partial charge >= 0.3 is 0 Å². The van der Waals surface area contributed by atoms with Gasteiger partial charge in [0.2, 0.25) is 10.0 Å². The number of nitrogens with one attached hydrogen (secondary N) is 2. The van der Waals surface area contributed by atoms with Crippen LogP contribution in [0.5, 0.6) is 0 Å². The number of benzene rings is 2. The molecular formula is C20H24N2O4S2. The zero-order valence-electron chi connectivity index (χ0n) is 15.9. The van der Waals surface area contributed by atoms with Gasteiger partial charge in [-0.15, -0.1) is 11.8 Å². The van der Waals surface area contributed by atoms with Gasteiger partial charge in [-0.05, 0) is 49.6 Å². The maximum atomic E-state index is 12.8. The van der Waals surface area contributed by atoms with E-state index < -0.39 is 10.0 Å². The summed E-state index contributed by atoms with van der Waals surface area (Å²) < 4.78 is 31.2. The molecule has 1 heterocycles. The number of sulfonamides is 1. The van der Waals surface area contributed by atoms with Crippen molar-refractivity contribution in [2.45, 2.75) is 30.8 Å². The molecule has 1 unspecified atom stereocenters. The summed E-state index contributed by atoms with van der Waals surface area (Å²) in [5.41, 5.74) is 2.33. The van der Waals surface area contributed by atoms with Gasteiger partial charge in [-0.25, -0.2) is 8.42 Å². The SMILES string of the molecule is Cc1ccc(NC(=O)c2ccccc2SCC2CCCO2)cc1NS(C)(=O)=O. The smallest absolute Gasteiger partial charge is 0.256 e. The number of rotatable bonds is 7. The lowest BCUT2D eigenvalue weighted by Gasteiger charge is -2.14.